The van der Waals surface area contributed by atoms with Gasteiger partial charge in [0.15, 0.2) is 11.6 Å². The summed E-state index contributed by atoms with van der Waals surface area (Å²) >= 11 is 0. The number of carbonyl (C=O) groups is 2. The second-order valence-corrected chi connectivity index (χ2v) is 5.46. The maximum atomic E-state index is 14.1. The number of aromatic nitrogens is 2. The average Bonchev–Trinajstić information content (AvgIpc) is 2.65. The number of hydrogen-bond acceptors (Lipinski definition) is 5. The van der Waals surface area contributed by atoms with Gasteiger partial charge in [-0.15, -0.1) is 0 Å². The molecule has 7 nitrogen and oxygen atoms in total. The fourth-order valence-electron chi connectivity index (χ4n) is 2.23. The minimum absolute atomic E-state index is 0.0557. The van der Waals surface area contributed by atoms with Crippen molar-refractivity contribution in [1.82, 2.24) is 15.3 Å². The molecule has 2 aromatic carbocycles. The highest BCUT2D eigenvalue weighted by atomic mass is 19.1. The van der Waals surface area contributed by atoms with E-state index >= 15 is 0 Å². The van der Waals surface area contributed by atoms with Crippen molar-refractivity contribution in [2.24, 2.45) is 0 Å². The Bertz CT molecular complexity index is 936. The maximum Gasteiger partial charge on any atom is 0.325 e. The number of hydrogen-bond donors (Lipinski definition) is 2. The zero-order chi connectivity index (χ0) is 19.1. The van der Waals surface area contributed by atoms with E-state index in [1.54, 1.807) is 24.3 Å². The Labute approximate surface area is 154 Å². The standard InChI is InChI=1S/C19H15FN4O3/c20-15-11-14(6-7-16(15)27-18-8-9-21-12-22-18)23-19(26)24-17(25)10-13-4-2-1-3-5-13/h1-9,11-12H,10H2,(H2,23,24,25,26). The number of carbonyl (C=O) groups excluding carboxylic acids is 2. The fraction of sp³-hybridized carbons (Fsp3) is 0.0526. The highest BCUT2D eigenvalue weighted by Crippen LogP contribution is 2.25. The topological polar surface area (TPSA) is 93.2 Å². The molecular formula is C19H15FN4O3. The summed E-state index contributed by atoms with van der Waals surface area (Å²) in [7, 11) is 0. The van der Waals surface area contributed by atoms with Crippen LogP contribution in [0.3, 0.4) is 0 Å². The van der Waals surface area contributed by atoms with Crippen LogP contribution in [0.4, 0.5) is 14.9 Å². The van der Waals surface area contributed by atoms with E-state index in [1.807, 2.05) is 6.07 Å². The number of anilines is 1. The normalized spacial score (nSPS) is 10.1. The van der Waals surface area contributed by atoms with E-state index in [1.165, 1.54) is 30.7 Å². The minimum atomic E-state index is -0.750. The molecule has 0 spiro atoms. The highest BCUT2D eigenvalue weighted by molar-refractivity contribution is 6.01. The molecule has 0 fully saturated rings. The van der Waals surface area contributed by atoms with Crippen LogP contribution < -0.4 is 15.4 Å². The van der Waals surface area contributed by atoms with Crippen LogP contribution >= 0.6 is 0 Å². The van der Waals surface area contributed by atoms with Gasteiger partial charge in [0, 0.05) is 24.0 Å². The van der Waals surface area contributed by atoms with Gasteiger partial charge in [-0.1, -0.05) is 30.3 Å². The molecule has 136 valence electrons. The van der Waals surface area contributed by atoms with Crippen molar-refractivity contribution in [3.05, 3.63) is 78.5 Å². The summed E-state index contributed by atoms with van der Waals surface area (Å²) < 4.78 is 19.4. The van der Waals surface area contributed by atoms with Gasteiger partial charge in [-0.2, -0.15) is 0 Å². The van der Waals surface area contributed by atoms with E-state index in [4.69, 9.17) is 4.74 Å². The van der Waals surface area contributed by atoms with Gasteiger partial charge in [0.25, 0.3) is 0 Å². The Morgan fingerprint density at radius 3 is 2.59 bits per heavy atom. The van der Waals surface area contributed by atoms with Gasteiger partial charge >= 0.3 is 6.03 Å². The summed E-state index contributed by atoms with van der Waals surface area (Å²) in [5.74, 6) is -1.03. The SMILES string of the molecule is O=C(Cc1ccccc1)NC(=O)Nc1ccc(Oc2ccncn2)c(F)c1. The summed E-state index contributed by atoms with van der Waals surface area (Å²) in [6.45, 7) is 0. The Balaban J connectivity index is 1.56. The first kappa shape index (κ1) is 18.0. The lowest BCUT2D eigenvalue weighted by Crippen LogP contribution is -2.35. The van der Waals surface area contributed by atoms with E-state index in [-0.39, 0.29) is 23.7 Å². The molecule has 0 atom stereocenters. The quantitative estimate of drug-likeness (QED) is 0.723. The van der Waals surface area contributed by atoms with E-state index in [9.17, 15) is 14.0 Å². The summed E-state index contributed by atoms with van der Waals surface area (Å²) in [5, 5.41) is 4.59. The maximum absolute atomic E-state index is 14.1. The monoisotopic (exact) mass is 366 g/mol. The van der Waals surface area contributed by atoms with Gasteiger partial charge < -0.3 is 10.1 Å². The van der Waals surface area contributed by atoms with E-state index in [2.05, 4.69) is 20.6 Å². The van der Waals surface area contributed by atoms with E-state index in [0.717, 1.165) is 11.6 Å². The number of rotatable bonds is 5. The number of nitrogens with zero attached hydrogens (tertiary/aromatic N) is 2. The van der Waals surface area contributed by atoms with Crippen LogP contribution in [-0.2, 0) is 11.2 Å². The molecule has 1 aromatic heterocycles. The van der Waals surface area contributed by atoms with Gasteiger partial charge in [0.2, 0.25) is 11.8 Å². The van der Waals surface area contributed by atoms with Gasteiger partial charge in [-0.3, -0.25) is 10.1 Å². The first-order valence-electron chi connectivity index (χ1n) is 7.98. The predicted octanol–water partition coefficient (Wildman–Crippen LogP) is 3.30. The van der Waals surface area contributed by atoms with Crippen LogP contribution in [0.2, 0.25) is 0 Å². The molecule has 0 unspecified atom stereocenters. The average molecular weight is 366 g/mol. The lowest BCUT2D eigenvalue weighted by atomic mass is 10.1. The molecule has 2 N–H and O–H groups in total. The van der Waals surface area contributed by atoms with Crippen molar-refractivity contribution in [2.45, 2.75) is 6.42 Å². The summed E-state index contributed by atoms with van der Waals surface area (Å²) in [6.07, 6.45) is 2.81. The number of imide groups is 1. The molecule has 1 heterocycles. The van der Waals surface area contributed by atoms with Crippen LogP contribution in [0, 0.1) is 5.82 Å². The summed E-state index contributed by atoms with van der Waals surface area (Å²) in [5.41, 5.74) is 0.951. The number of benzene rings is 2. The Hall–Kier alpha value is -3.81. The van der Waals surface area contributed by atoms with Crippen molar-refractivity contribution >= 4 is 17.6 Å². The predicted molar refractivity (Wildman–Crippen MR) is 95.8 cm³/mol. The number of nitrogens with one attached hydrogen (secondary N) is 2. The van der Waals surface area contributed by atoms with Crippen molar-refractivity contribution in [2.75, 3.05) is 5.32 Å². The zero-order valence-corrected chi connectivity index (χ0v) is 14.1. The minimum Gasteiger partial charge on any atom is -0.436 e. The van der Waals surface area contributed by atoms with Crippen molar-refractivity contribution in [1.29, 1.82) is 0 Å². The molecule has 0 aliphatic rings. The highest BCUT2D eigenvalue weighted by Gasteiger charge is 2.11. The molecule has 8 heteroatoms. The van der Waals surface area contributed by atoms with Crippen LogP contribution in [-0.4, -0.2) is 21.9 Å². The molecule has 0 bridgehead atoms. The molecule has 0 aliphatic carbocycles. The Morgan fingerprint density at radius 1 is 1.07 bits per heavy atom. The second kappa shape index (κ2) is 8.52. The third kappa shape index (κ3) is 5.33. The van der Waals surface area contributed by atoms with Crippen LogP contribution in [0.5, 0.6) is 11.6 Å². The fourth-order valence-corrected chi connectivity index (χ4v) is 2.23. The first-order chi connectivity index (χ1) is 13.1. The van der Waals surface area contributed by atoms with Crippen molar-refractivity contribution in [3.63, 3.8) is 0 Å². The van der Waals surface area contributed by atoms with Crippen LogP contribution in [0.25, 0.3) is 0 Å². The van der Waals surface area contributed by atoms with Gasteiger partial charge in [0.1, 0.15) is 6.33 Å². The molecular weight excluding hydrogens is 351 g/mol. The molecule has 0 saturated heterocycles. The van der Waals surface area contributed by atoms with Gasteiger partial charge in [-0.25, -0.2) is 19.2 Å². The van der Waals surface area contributed by atoms with Gasteiger partial charge in [-0.05, 0) is 17.7 Å². The van der Waals surface area contributed by atoms with Crippen LogP contribution in [0.15, 0.2) is 67.1 Å². The molecule has 3 aromatic rings. The molecule has 3 amide bonds. The lowest BCUT2D eigenvalue weighted by Gasteiger charge is -2.09. The number of halogens is 1. The molecule has 3 rings (SSSR count). The number of amides is 3. The third-order valence-corrected chi connectivity index (χ3v) is 3.42. The second-order valence-electron chi connectivity index (χ2n) is 5.46. The number of urea groups is 1. The lowest BCUT2D eigenvalue weighted by molar-refractivity contribution is -0.119. The summed E-state index contributed by atoms with van der Waals surface area (Å²) in [4.78, 5) is 31.3. The van der Waals surface area contributed by atoms with E-state index < -0.39 is 17.8 Å². The van der Waals surface area contributed by atoms with E-state index in [0.29, 0.717) is 0 Å². The van der Waals surface area contributed by atoms with Gasteiger partial charge in [0.05, 0.1) is 6.42 Å². The molecule has 27 heavy (non-hydrogen) atoms. The Morgan fingerprint density at radius 2 is 1.89 bits per heavy atom. The summed E-state index contributed by atoms with van der Waals surface area (Å²) in [6, 6.07) is 13.6. The largest absolute Gasteiger partial charge is 0.436 e. The number of ether oxygens (including phenoxy) is 1. The zero-order valence-electron chi connectivity index (χ0n) is 14.1. The molecule has 0 aliphatic heterocycles. The smallest absolute Gasteiger partial charge is 0.325 e. The molecule has 0 saturated carbocycles. The first-order valence-corrected chi connectivity index (χ1v) is 7.98. The van der Waals surface area contributed by atoms with Crippen molar-refractivity contribution < 1.29 is 18.7 Å². The molecule has 0 radical (unpaired) electrons. The van der Waals surface area contributed by atoms with Crippen LogP contribution in [0.1, 0.15) is 5.56 Å². The Kier molecular flexibility index (Phi) is 5.68. The third-order valence-electron chi connectivity index (χ3n) is 3.42. The van der Waals surface area contributed by atoms with Crippen molar-refractivity contribution in [3.8, 4) is 11.6 Å².